The van der Waals surface area contributed by atoms with Gasteiger partial charge in [-0.25, -0.2) is 0 Å². The Bertz CT molecular complexity index is 1120. The van der Waals surface area contributed by atoms with E-state index in [4.69, 9.17) is 14.2 Å². The molecular formula is C58H104O6. The van der Waals surface area contributed by atoms with Crippen molar-refractivity contribution in [1.82, 2.24) is 0 Å². The van der Waals surface area contributed by atoms with Crippen molar-refractivity contribution in [3.8, 4) is 0 Å². The molecule has 6 heteroatoms. The van der Waals surface area contributed by atoms with E-state index in [9.17, 15) is 14.4 Å². The van der Waals surface area contributed by atoms with E-state index >= 15 is 0 Å². The highest BCUT2D eigenvalue weighted by Gasteiger charge is 2.19. The first-order valence-corrected chi connectivity index (χ1v) is 27.6. The van der Waals surface area contributed by atoms with Gasteiger partial charge in [-0.15, -0.1) is 0 Å². The number of allylic oxidation sites excluding steroid dienone is 8. The molecule has 0 amide bonds. The van der Waals surface area contributed by atoms with E-state index < -0.39 is 6.10 Å². The molecule has 0 aromatic carbocycles. The summed E-state index contributed by atoms with van der Waals surface area (Å²) in [6, 6.07) is 0. The minimum Gasteiger partial charge on any atom is -0.462 e. The first-order chi connectivity index (χ1) is 31.5. The van der Waals surface area contributed by atoms with E-state index in [0.717, 1.165) is 96.3 Å². The number of rotatable bonds is 50. The van der Waals surface area contributed by atoms with Gasteiger partial charge >= 0.3 is 17.9 Å². The summed E-state index contributed by atoms with van der Waals surface area (Å²) >= 11 is 0. The summed E-state index contributed by atoms with van der Waals surface area (Å²) in [5.41, 5.74) is 0. The SMILES string of the molecule is CC/C=C\C/C=C\C/C=C\C/C=C\CCCCCCC(=O)OCC(COC(=O)CCCCCCCCCCCCCC)OC(=O)CCCCCCCCCCCCCCCCCCC. The number of hydrogen-bond acceptors (Lipinski definition) is 6. The lowest BCUT2D eigenvalue weighted by molar-refractivity contribution is -0.167. The van der Waals surface area contributed by atoms with Crippen LogP contribution >= 0.6 is 0 Å². The Kier molecular flexibility index (Phi) is 50.8. The lowest BCUT2D eigenvalue weighted by Gasteiger charge is -2.18. The van der Waals surface area contributed by atoms with Crippen molar-refractivity contribution in [3.63, 3.8) is 0 Å². The molecule has 0 N–H and O–H groups in total. The molecule has 0 saturated heterocycles. The van der Waals surface area contributed by atoms with Crippen molar-refractivity contribution < 1.29 is 28.6 Å². The van der Waals surface area contributed by atoms with E-state index in [1.54, 1.807) is 0 Å². The molecule has 64 heavy (non-hydrogen) atoms. The number of carbonyl (C=O) groups is 3. The van der Waals surface area contributed by atoms with Crippen molar-refractivity contribution in [2.45, 2.75) is 290 Å². The normalized spacial score (nSPS) is 12.4. The maximum absolute atomic E-state index is 12.8. The molecule has 6 nitrogen and oxygen atoms in total. The fraction of sp³-hybridized carbons (Fsp3) is 0.810. The molecule has 0 heterocycles. The lowest BCUT2D eigenvalue weighted by Crippen LogP contribution is -2.30. The van der Waals surface area contributed by atoms with Crippen LogP contribution in [0.1, 0.15) is 284 Å². The number of carbonyl (C=O) groups excluding carboxylic acids is 3. The summed E-state index contributed by atoms with van der Waals surface area (Å²) in [5, 5.41) is 0. The highest BCUT2D eigenvalue weighted by molar-refractivity contribution is 5.71. The van der Waals surface area contributed by atoms with Crippen molar-refractivity contribution in [2.75, 3.05) is 13.2 Å². The van der Waals surface area contributed by atoms with Crippen LogP contribution in [0.15, 0.2) is 48.6 Å². The summed E-state index contributed by atoms with van der Waals surface area (Å²) in [7, 11) is 0. The quantitative estimate of drug-likeness (QED) is 0.0262. The largest absolute Gasteiger partial charge is 0.462 e. The molecule has 1 unspecified atom stereocenters. The Morgan fingerprint density at radius 3 is 0.953 bits per heavy atom. The van der Waals surface area contributed by atoms with Gasteiger partial charge in [0.15, 0.2) is 6.10 Å². The van der Waals surface area contributed by atoms with Crippen LogP contribution < -0.4 is 0 Å². The maximum Gasteiger partial charge on any atom is 0.306 e. The summed E-state index contributed by atoms with van der Waals surface area (Å²) in [5.74, 6) is -0.888. The van der Waals surface area contributed by atoms with E-state index in [2.05, 4.69) is 69.4 Å². The molecule has 0 aliphatic rings. The smallest absolute Gasteiger partial charge is 0.306 e. The van der Waals surface area contributed by atoms with Gasteiger partial charge in [0.05, 0.1) is 0 Å². The zero-order valence-electron chi connectivity index (χ0n) is 42.6. The second-order valence-electron chi connectivity index (χ2n) is 18.5. The standard InChI is InChI=1S/C58H104O6/c1-4-7-10-13-16-19-22-25-27-29-31-33-36-39-42-45-48-51-57(60)63-54-55(53-62-56(59)50-47-44-41-38-35-24-21-18-15-12-9-6-3)64-58(61)52-49-46-43-40-37-34-32-30-28-26-23-20-17-14-11-8-5-2/h7,10,16,19,25,27,31,33,55H,4-6,8-9,11-15,17-18,20-24,26,28-30,32,34-54H2,1-3H3/b10-7-,19-16-,27-25-,33-31-. The van der Waals surface area contributed by atoms with Gasteiger partial charge in [-0.3, -0.25) is 14.4 Å². The van der Waals surface area contributed by atoms with E-state index in [1.165, 1.54) is 148 Å². The van der Waals surface area contributed by atoms with Crippen LogP contribution in [0.4, 0.5) is 0 Å². The Morgan fingerprint density at radius 2 is 0.609 bits per heavy atom. The van der Waals surface area contributed by atoms with Crippen LogP contribution in [0.3, 0.4) is 0 Å². The number of esters is 3. The number of unbranched alkanes of at least 4 members (excludes halogenated alkanes) is 31. The minimum absolute atomic E-state index is 0.0769. The minimum atomic E-state index is -0.778. The first kappa shape index (κ1) is 61.4. The topological polar surface area (TPSA) is 78.9 Å². The first-order valence-electron chi connectivity index (χ1n) is 27.6. The summed E-state index contributed by atoms with van der Waals surface area (Å²) in [6.45, 7) is 6.53. The molecule has 0 saturated carbocycles. The third-order valence-corrected chi connectivity index (χ3v) is 12.1. The third-order valence-electron chi connectivity index (χ3n) is 12.1. The maximum atomic E-state index is 12.8. The lowest BCUT2D eigenvalue weighted by atomic mass is 10.0. The predicted molar refractivity (Wildman–Crippen MR) is 275 cm³/mol. The molecule has 0 aliphatic carbocycles. The van der Waals surface area contributed by atoms with Crippen molar-refractivity contribution >= 4 is 17.9 Å². The van der Waals surface area contributed by atoms with Crippen LogP contribution in [-0.4, -0.2) is 37.2 Å². The van der Waals surface area contributed by atoms with E-state index in [0.29, 0.717) is 19.3 Å². The fourth-order valence-corrected chi connectivity index (χ4v) is 7.96. The van der Waals surface area contributed by atoms with Gasteiger partial charge in [0, 0.05) is 19.3 Å². The Hall–Kier alpha value is -2.63. The molecule has 0 rings (SSSR count). The van der Waals surface area contributed by atoms with Gasteiger partial charge in [0.1, 0.15) is 13.2 Å². The third kappa shape index (κ3) is 50.4. The average Bonchev–Trinajstić information content (AvgIpc) is 3.29. The average molecular weight is 897 g/mol. The summed E-state index contributed by atoms with van der Waals surface area (Å²) in [4.78, 5) is 38.1. The zero-order valence-corrected chi connectivity index (χ0v) is 42.6. The van der Waals surface area contributed by atoms with Crippen LogP contribution in [0.25, 0.3) is 0 Å². The molecule has 0 spiro atoms. The van der Waals surface area contributed by atoms with Gasteiger partial charge in [0.25, 0.3) is 0 Å². The molecule has 0 aliphatic heterocycles. The Labute approximate surface area is 397 Å². The zero-order chi connectivity index (χ0) is 46.5. The molecule has 372 valence electrons. The van der Waals surface area contributed by atoms with E-state index in [-0.39, 0.29) is 31.1 Å². The molecule has 0 bridgehead atoms. The van der Waals surface area contributed by atoms with Crippen molar-refractivity contribution in [1.29, 1.82) is 0 Å². The fourth-order valence-electron chi connectivity index (χ4n) is 7.96. The monoisotopic (exact) mass is 897 g/mol. The van der Waals surface area contributed by atoms with E-state index in [1.807, 2.05) is 0 Å². The van der Waals surface area contributed by atoms with Gasteiger partial charge < -0.3 is 14.2 Å². The summed E-state index contributed by atoms with van der Waals surface area (Å²) in [6.07, 6.45) is 63.8. The predicted octanol–water partition coefficient (Wildman–Crippen LogP) is 18.3. The molecule has 1 atom stereocenters. The molecule has 0 aromatic heterocycles. The van der Waals surface area contributed by atoms with Crippen molar-refractivity contribution in [3.05, 3.63) is 48.6 Å². The Balaban J connectivity index is 4.37. The second kappa shape index (κ2) is 53.0. The van der Waals surface area contributed by atoms with Gasteiger partial charge in [-0.2, -0.15) is 0 Å². The van der Waals surface area contributed by atoms with Gasteiger partial charge in [-0.1, -0.05) is 256 Å². The second-order valence-corrected chi connectivity index (χ2v) is 18.5. The number of hydrogen-bond donors (Lipinski definition) is 0. The van der Waals surface area contributed by atoms with Crippen molar-refractivity contribution in [2.24, 2.45) is 0 Å². The molecule has 0 aromatic rings. The van der Waals surface area contributed by atoms with Crippen LogP contribution in [0.5, 0.6) is 0 Å². The molecule has 0 radical (unpaired) electrons. The number of ether oxygens (including phenoxy) is 3. The highest BCUT2D eigenvalue weighted by atomic mass is 16.6. The van der Waals surface area contributed by atoms with Crippen LogP contribution in [-0.2, 0) is 28.6 Å². The summed E-state index contributed by atoms with van der Waals surface area (Å²) < 4.78 is 16.8. The molecular weight excluding hydrogens is 793 g/mol. The molecule has 0 fully saturated rings. The van der Waals surface area contributed by atoms with Gasteiger partial charge in [0.2, 0.25) is 0 Å². The van der Waals surface area contributed by atoms with Crippen LogP contribution in [0, 0.1) is 0 Å². The Morgan fingerprint density at radius 1 is 0.328 bits per heavy atom. The van der Waals surface area contributed by atoms with Gasteiger partial charge in [-0.05, 0) is 57.8 Å². The highest BCUT2D eigenvalue weighted by Crippen LogP contribution is 2.16. The van der Waals surface area contributed by atoms with Crippen LogP contribution in [0.2, 0.25) is 0 Å².